The van der Waals surface area contributed by atoms with Crippen LogP contribution in [0.1, 0.15) is 27.0 Å². The molecule has 286 valence electrons. The maximum absolute atomic E-state index is 12.9. The molecule has 0 radical (unpaired) electrons. The zero-order valence-electron chi connectivity index (χ0n) is 28.4. The quantitative estimate of drug-likeness (QED) is 0.0434. The number of phenols is 7. The molecule has 0 aliphatic carbocycles. The Morgan fingerprint density at radius 2 is 1.18 bits per heavy atom. The van der Waals surface area contributed by atoms with Crippen molar-refractivity contribution in [1.82, 2.24) is 0 Å². The fraction of sp³-hybridized carbons (Fsp3) is 0.154. The van der Waals surface area contributed by atoms with E-state index in [1.54, 1.807) is 0 Å². The summed E-state index contributed by atoms with van der Waals surface area (Å²) < 4.78 is 22.0. The van der Waals surface area contributed by atoms with Crippen LogP contribution in [0.3, 0.4) is 0 Å². The van der Waals surface area contributed by atoms with Gasteiger partial charge in [-0.15, -0.1) is 0 Å². The summed E-state index contributed by atoms with van der Waals surface area (Å²) in [6, 6.07) is 15.5. The number of phenolic OH excluding ortho intramolecular Hbond substituents is 7. The number of aromatic hydroxyl groups is 7. The molecule has 1 fully saturated rings. The van der Waals surface area contributed by atoms with Gasteiger partial charge in [0, 0.05) is 12.2 Å². The third kappa shape index (κ3) is 9.91. The van der Waals surface area contributed by atoms with Gasteiger partial charge in [0.2, 0.25) is 12.0 Å². The first kappa shape index (κ1) is 39.2. The number of benzene rings is 4. The molecule has 1 heterocycles. The Kier molecular flexibility index (Phi) is 12.3. The van der Waals surface area contributed by atoms with Gasteiger partial charge in [0.25, 0.3) is 0 Å². The molecule has 0 bridgehead atoms. The summed E-state index contributed by atoms with van der Waals surface area (Å²) in [5.41, 5.74) is 0.765. The third-order valence-corrected chi connectivity index (χ3v) is 8.05. The molecule has 5 rings (SSSR count). The van der Waals surface area contributed by atoms with Crippen molar-refractivity contribution < 1.29 is 79.3 Å². The minimum absolute atomic E-state index is 0.0192. The Bertz CT molecular complexity index is 2140. The van der Waals surface area contributed by atoms with Crippen LogP contribution in [0.5, 0.6) is 46.0 Å². The predicted molar refractivity (Wildman–Crippen MR) is 191 cm³/mol. The van der Waals surface area contributed by atoms with Crippen LogP contribution in [0.2, 0.25) is 0 Å². The van der Waals surface area contributed by atoms with E-state index in [-0.39, 0.29) is 22.6 Å². The minimum Gasteiger partial charge on any atom is -0.508 e. The van der Waals surface area contributed by atoms with Gasteiger partial charge in [-0.2, -0.15) is 0 Å². The summed E-state index contributed by atoms with van der Waals surface area (Å²) in [6.45, 7) is -0.655. The van der Waals surface area contributed by atoms with Gasteiger partial charge in [-0.05, 0) is 83.4 Å². The predicted octanol–water partition coefficient (Wildman–Crippen LogP) is 3.23. The molecule has 0 unspecified atom stereocenters. The van der Waals surface area contributed by atoms with Crippen LogP contribution in [-0.4, -0.2) is 101 Å². The van der Waals surface area contributed by atoms with Crippen molar-refractivity contribution in [2.45, 2.75) is 30.7 Å². The van der Waals surface area contributed by atoms with E-state index < -0.39 is 89.5 Å². The summed E-state index contributed by atoms with van der Waals surface area (Å²) in [7, 11) is 0. The molecule has 55 heavy (non-hydrogen) atoms. The van der Waals surface area contributed by atoms with Crippen molar-refractivity contribution in [3.8, 4) is 46.0 Å². The lowest BCUT2D eigenvalue weighted by atomic mass is 9.99. The molecule has 1 saturated heterocycles. The van der Waals surface area contributed by atoms with E-state index in [9.17, 15) is 60.3 Å². The smallest absolute Gasteiger partial charge is 0.331 e. The summed E-state index contributed by atoms with van der Waals surface area (Å²) in [5.74, 6) is -6.85. The van der Waals surface area contributed by atoms with Gasteiger partial charge in [0.05, 0.1) is 5.56 Å². The van der Waals surface area contributed by atoms with E-state index in [0.717, 1.165) is 36.4 Å². The number of carbonyl (C=O) groups is 3. The zero-order chi connectivity index (χ0) is 39.8. The minimum atomic E-state index is -1.95. The molecule has 0 saturated carbocycles. The van der Waals surface area contributed by atoms with Crippen molar-refractivity contribution in [2.75, 3.05) is 6.61 Å². The number of allylic oxidation sites excluding steroid dienone is 1. The first-order chi connectivity index (χ1) is 26.2. The lowest BCUT2D eigenvalue weighted by Crippen LogP contribution is -2.61. The summed E-state index contributed by atoms with van der Waals surface area (Å²) in [5, 5.41) is 91.4. The molecule has 0 amide bonds. The molecule has 4 aromatic rings. The van der Waals surface area contributed by atoms with Crippen molar-refractivity contribution in [3.05, 3.63) is 113 Å². The number of aliphatic hydroxyl groups excluding tert-OH is 2. The third-order valence-electron chi connectivity index (χ3n) is 8.05. The first-order valence-electron chi connectivity index (χ1n) is 16.2. The van der Waals surface area contributed by atoms with Gasteiger partial charge in [0.1, 0.15) is 30.7 Å². The average molecular weight is 759 g/mol. The number of hydrogen-bond donors (Lipinski definition) is 9. The molecular weight excluding hydrogens is 724 g/mol. The Labute approximate surface area is 311 Å². The molecule has 5 atom stereocenters. The van der Waals surface area contributed by atoms with Gasteiger partial charge in [-0.1, -0.05) is 30.3 Å². The van der Waals surface area contributed by atoms with E-state index in [0.29, 0.717) is 11.1 Å². The molecule has 16 heteroatoms. The molecule has 4 aromatic carbocycles. The molecular formula is C39H34O16. The number of aliphatic hydroxyl groups is 2. The number of esters is 2. The monoisotopic (exact) mass is 758 g/mol. The Morgan fingerprint density at radius 1 is 0.618 bits per heavy atom. The van der Waals surface area contributed by atoms with Gasteiger partial charge in [-0.3, -0.25) is 4.79 Å². The van der Waals surface area contributed by atoms with Crippen molar-refractivity contribution in [2.24, 2.45) is 0 Å². The SMILES string of the molecule is O=C(/C=C/c1ccc(O)cc1)OC[C@H]1O[C@@H](Oc2ccc(C(=O)/C=C/c3ccc(O)c(O)c3)c(O)c2O)[C@H](OC(=O)/C=C/c2ccc(O)c(O)c2)[C@@H](O)[C@@H]1O. The van der Waals surface area contributed by atoms with E-state index >= 15 is 0 Å². The Balaban J connectivity index is 1.35. The highest BCUT2D eigenvalue weighted by Crippen LogP contribution is 2.40. The molecule has 0 spiro atoms. The van der Waals surface area contributed by atoms with Gasteiger partial charge < -0.3 is 64.9 Å². The van der Waals surface area contributed by atoms with E-state index in [1.165, 1.54) is 72.8 Å². The van der Waals surface area contributed by atoms with E-state index in [4.69, 9.17) is 18.9 Å². The molecule has 16 nitrogen and oxygen atoms in total. The van der Waals surface area contributed by atoms with Crippen molar-refractivity contribution >= 4 is 35.9 Å². The van der Waals surface area contributed by atoms with E-state index in [2.05, 4.69) is 0 Å². The van der Waals surface area contributed by atoms with Crippen LogP contribution < -0.4 is 4.74 Å². The van der Waals surface area contributed by atoms with Crippen molar-refractivity contribution in [3.63, 3.8) is 0 Å². The summed E-state index contributed by atoms with van der Waals surface area (Å²) >= 11 is 0. The Morgan fingerprint density at radius 3 is 1.80 bits per heavy atom. The fourth-order valence-corrected chi connectivity index (χ4v) is 5.09. The molecule has 1 aliphatic heterocycles. The lowest BCUT2D eigenvalue weighted by molar-refractivity contribution is -0.282. The first-order valence-corrected chi connectivity index (χ1v) is 16.2. The highest BCUT2D eigenvalue weighted by atomic mass is 16.7. The maximum Gasteiger partial charge on any atom is 0.331 e. The molecule has 0 aromatic heterocycles. The second-order valence-corrected chi connectivity index (χ2v) is 11.9. The van der Waals surface area contributed by atoms with Gasteiger partial charge in [-0.25, -0.2) is 9.59 Å². The highest BCUT2D eigenvalue weighted by Gasteiger charge is 2.48. The van der Waals surface area contributed by atoms with Crippen LogP contribution >= 0.6 is 0 Å². The second kappa shape index (κ2) is 17.2. The lowest BCUT2D eigenvalue weighted by Gasteiger charge is -2.41. The van der Waals surface area contributed by atoms with Crippen LogP contribution in [0, 0.1) is 0 Å². The standard InChI is InChI=1S/C39H34O16/c40-23-8-1-20(2-9-23)6-15-32(46)52-19-31-36(50)37(51)38(55-33(47)16-7-22-5-13-27(43)29(45)18-22)39(54-31)53-30-14-10-24(34(48)35(30)49)25(41)11-3-21-4-12-26(42)28(44)17-21/h1-18,31,36-40,42-45,48-51H,19H2/b11-3+,15-6+,16-7+/t31-,36-,37+,38-,39-/m1/s1. The normalized spacial score (nSPS) is 19.8. The number of hydrogen-bond acceptors (Lipinski definition) is 16. The number of carbonyl (C=O) groups excluding carboxylic acids is 3. The Hall–Kier alpha value is -7.01. The van der Waals surface area contributed by atoms with Crippen LogP contribution in [0.25, 0.3) is 18.2 Å². The maximum atomic E-state index is 12.9. The average Bonchev–Trinajstić information content (AvgIpc) is 3.16. The largest absolute Gasteiger partial charge is 0.508 e. The molecule has 9 N–H and O–H groups in total. The number of ether oxygens (including phenoxy) is 4. The van der Waals surface area contributed by atoms with Crippen molar-refractivity contribution in [1.29, 1.82) is 0 Å². The fourth-order valence-electron chi connectivity index (χ4n) is 5.09. The van der Waals surface area contributed by atoms with E-state index in [1.807, 2.05) is 0 Å². The summed E-state index contributed by atoms with van der Waals surface area (Å²) in [4.78, 5) is 38.2. The van der Waals surface area contributed by atoms with Gasteiger partial charge >= 0.3 is 11.9 Å². The van der Waals surface area contributed by atoms with Crippen LogP contribution in [-0.2, 0) is 23.8 Å². The molecule has 1 aliphatic rings. The van der Waals surface area contributed by atoms with Crippen LogP contribution in [0.4, 0.5) is 0 Å². The highest BCUT2D eigenvalue weighted by molar-refractivity contribution is 6.09. The van der Waals surface area contributed by atoms with Crippen LogP contribution in [0.15, 0.2) is 91.0 Å². The number of ketones is 1. The topological polar surface area (TPSA) is 270 Å². The number of rotatable bonds is 12. The zero-order valence-corrected chi connectivity index (χ0v) is 28.4. The van der Waals surface area contributed by atoms with Gasteiger partial charge in [0.15, 0.2) is 46.4 Å². The second-order valence-electron chi connectivity index (χ2n) is 11.9. The summed E-state index contributed by atoms with van der Waals surface area (Å²) in [6.07, 6.45) is -2.12.